The van der Waals surface area contributed by atoms with Gasteiger partial charge in [-0.3, -0.25) is 4.79 Å². The number of nitrogens with zero attached hydrogens (tertiary/aromatic N) is 4. The van der Waals surface area contributed by atoms with E-state index in [9.17, 15) is 4.79 Å². The second-order valence-corrected chi connectivity index (χ2v) is 7.85. The lowest BCUT2D eigenvalue weighted by Gasteiger charge is -2.29. The maximum Gasteiger partial charge on any atom is 0.252 e. The summed E-state index contributed by atoms with van der Waals surface area (Å²) in [5.41, 5.74) is 4.23. The van der Waals surface area contributed by atoms with Crippen molar-refractivity contribution in [2.45, 2.75) is 18.6 Å². The van der Waals surface area contributed by atoms with Crippen LogP contribution in [0.5, 0.6) is 0 Å². The van der Waals surface area contributed by atoms with Gasteiger partial charge < -0.3 is 20.3 Å². The number of morpholine rings is 1. The first-order valence-corrected chi connectivity index (χ1v) is 10.5. The molecule has 8 heteroatoms. The molecule has 3 heterocycles. The Balaban J connectivity index is 1.26. The van der Waals surface area contributed by atoms with Crippen LogP contribution in [0.2, 0.25) is 0 Å². The zero-order valence-electron chi connectivity index (χ0n) is 17.4. The minimum atomic E-state index is -0.277. The summed E-state index contributed by atoms with van der Waals surface area (Å²) in [4.78, 5) is 23.3. The quantitative estimate of drug-likeness (QED) is 0.584. The molecule has 1 aromatic heterocycles. The van der Waals surface area contributed by atoms with Crippen molar-refractivity contribution >= 4 is 23.2 Å². The Morgan fingerprint density at radius 3 is 2.66 bits per heavy atom. The molecule has 2 saturated heterocycles. The van der Waals surface area contributed by atoms with Crippen molar-refractivity contribution in [3.63, 3.8) is 0 Å². The van der Waals surface area contributed by atoms with E-state index < -0.39 is 0 Å². The van der Waals surface area contributed by atoms with Gasteiger partial charge in [0.2, 0.25) is 5.95 Å². The van der Waals surface area contributed by atoms with Crippen LogP contribution in [0.4, 0.5) is 17.3 Å². The molecule has 0 unspecified atom stereocenters. The lowest BCUT2D eigenvalue weighted by atomic mass is 10.1. The van der Waals surface area contributed by atoms with Gasteiger partial charge in [0.1, 0.15) is 6.54 Å². The van der Waals surface area contributed by atoms with E-state index >= 15 is 0 Å². The third-order valence-electron chi connectivity index (χ3n) is 5.78. The molecule has 2 aromatic carbocycles. The maximum atomic E-state index is 11.9. The highest BCUT2D eigenvalue weighted by Gasteiger charge is 2.38. The van der Waals surface area contributed by atoms with Crippen LogP contribution in [0.1, 0.15) is 16.8 Å². The summed E-state index contributed by atoms with van der Waals surface area (Å²) in [6.07, 6.45) is 3.19. The fourth-order valence-electron chi connectivity index (χ4n) is 4.18. The Labute approximate surface area is 185 Å². The van der Waals surface area contributed by atoms with Gasteiger partial charge in [0.05, 0.1) is 30.5 Å². The van der Waals surface area contributed by atoms with Gasteiger partial charge in [-0.05, 0) is 48.9 Å². The fraction of sp³-hybridized carbons (Fsp3) is 0.250. The number of fused-ring (bicyclic) bond motifs is 2. The third-order valence-corrected chi connectivity index (χ3v) is 5.78. The summed E-state index contributed by atoms with van der Waals surface area (Å²) in [5.74, 6) is 0.223. The minimum Gasteiger partial charge on any atom is -0.374 e. The summed E-state index contributed by atoms with van der Waals surface area (Å²) >= 11 is 0. The van der Waals surface area contributed by atoms with Crippen molar-refractivity contribution < 1.29 is 9.53 Å². The normalized spacial score (nSPS) is 18.9. The number of nitrogens with one attached hydrogen (secondary N) is 2. The van der Waals surface area contributed by atoms with Crippen LogP contribution in [-0.2, 0) is 4.74 Å². The van der Waals surface area contributed by atoms with Crippen LogP contribution in [-0.4, -0.2) is 47.7 Å². The van der Waals surface area contributed by atoms with E-state index in [1.807, 2.05) is 36.4 Å². The lowest BCUT2D eigenvalue weighted by Crippen LogP contribution is -2.36. The number of benzene rings is 2. The van der Waals surface area contributed by atoms with Crippen molar-refractivity contribution in [3.05, 3.63) is 66.4 Å². The first-order valence-electron chi connectivity index (χ1n) is 10.5. The number of hydrogen-bond acceptors (Lipinski definition) is 7. The van der Waals surface area contributed by atoms with Gasteiger partial charge in [0.15, 0.2) is 0 Å². The molecule has 32 heavy (non-hydrogen) atoms. The van der Waals surface area contributed by atoms with Crippen molar-refractivity contribution in [3.8, 4) is 17.3 Å². The SMILES string of the molecule is N#CCNC(=O)c1ccc(-c2ccnc(Nc3ccc(N4C[C@@H]5C[C@H]4CO5)cc3)n2)cc1. The fourth-order valence-corrected chi connectivity index (χ4v) is 4.18. The van der Waals surface area contributed by atoms with Crippen LogP contribution in [0.3, 0.4) is 0 Å². The van der Waals surface area contributed by atoms with Crippen LogP contribution >= 0.6 is 0 Å². The molecule has 2 N–H and O–H groups in total. The predicted molar refractivity (Wildman–Crippen MR) is 121 cm³/mol. The number of rotatable bonds is 6. The number of hydrogen-bond donors (Lipinski definition) is 2. The average Bonchev–Trinajstić information content (AvgIpc) is 3.47. The molecular formula is C24H22N6O2. The minimum absolute atomic E-state index is 0.0178. The van der Waals surface area contributed by atoms with Gasteiger partial charge in [0, 0.05) is 35.2 Å². The molecule has 8 nitrogen and oxygen atoms in total. The number of nitriles is 1. The Kier molecular flexibility index (Phi) is 5.40. The van der Waals surface area contributed by atoms with Gasteiger partial charge in [-0.2, -0.15) is 5.26 Å². The number of carbonyl (C=O) groups excluding carboxylic acids is 1. The Morgan fingerprint density at radius 1 is 1.16 bits per heavy atom. The van der Waals surface area contributed by atoms with E-state index in [0.29, 0.717) is 23.7 Å². The van der Waals surface area contributed by atoms with Gasteiger partial charge in [-0.25, -0.2) is 9.97 Å². The van der Waals surface area contributed by atoms with Gasteiger partial charge >= 0.3 is 0 Å². The lowest BCUT2D eigenvalue weighted by molar-refractivity contribution is 0.0958. The molecule has 0 spiro atoms. The Morgan fingerprint density at radius 2 is 1.97 bits per heavy atom. The van der Waals surface area contributed by atoms with Crippen molar-refractivity contribution in [1.82, 2.24) is 15.3 Å². The second-order valence-electron chi connectivity index (χ2n) is 7.85. The Hall–Kier alpha value is -3.96. The van der Waals surface area contributed by atoms with E-state index in [1.54, 1.807) is 18.3 Å². The van der Waals surface area contributed by atoms with Crippen LogP contribution in [0, 0.1) is 11.3 Å². The molecule has 2 fully saturated rings. The topological polar surface area (TPSA) is 103 Å². The van der Waals surface area contributed by atoms with Gasteiger partial charge in [-0.1, -0.05) is 12.1 Å². The molecule has 0 radical (unpaired) electrons. The van der Waals surface area contributed by atoms with E-state index in [2.05, 4.69) is 37.6 Å². The maximum absolute atomic E-state index is 11.9. The molecule has 0 saturated carbocycles. The number of carbonyl (C=O) groups is 1. The van der Waals surface area contributed by atoms with Crippen LogP contribution < -0.4 is 15.5 Å². The first-order chi connectivity index (χ1) is 15.7. The zero-order valence-corrected chi connectivity index (χ0v) is 17.4. The molecule has 2 atom stereocenters. The standard InChI is InChI=1S/C24H22N6O2/c25-10-12-26-23(31)17-3-1-16(2-4-17)22-9-11-27-24(29-22)28-18-5-7-19(8-6-18)30-14-21-13-20(30)15-32-21/h1-9,11,20-21H,12-15H2,(H,26,31)(H,27,28,29)/t20-,21-/m0/s1. The van der Waals surface area contributed by atoms with E-state index in [-0.39, 0.29) is 12.5 Å². The average molecular weight is 426 g/mol. The highest BCUT2D eigenvalue weighted by molar-refractivity contribution is 5.94. The summed E-state index contributed by atoms with van der Waals surface area (Å²) in [6.45, 7) is 1.76. The van der Waals surface area contributed by atoms with Crippen LogP contribution in [0.25, 0.3) is 11.3 Å². The monoisotopic (exact) mass is 426 g/mol. The van der Waals surface area contributed by atoms with E-state index in [0.717, 1.165) is 36.5 Å². The Bertz CT molecular complexity index is 1160. The molecule has 2 aliphatic heterocycles. The molecule has 2 bridgehead atoms. The smallest absolute Gasteiger partial charge is 0.252 e. The highest BCUT2D eigenvalue weighted by Crippen LogP contribution is 2.33. The number of anilines is 3. The number of amides is 1. The number of aromatic nitrogens is 2. The van der Waals surface area contributed by atoms with Crippen LogP contribution in [0.15, 0.2) is 60.8 Å². The summed E-state index contributed by atoms with van der Waals surface area (Å²) < 4.78 is 5.69. The molecule has 2 aliphatic rings. The number of ether oxygens (including phenoxy) is 1. The molecule has 160 valence electrons. The summed E-state index contributed by atoms with van der Waals surface area (Å²) in [6, 6.07) is 19.6. The molecule has 3 aromatic rings. The van der Waals surface area contributed by atoms with Crippen molar-refractivity contribution in [2.75, 3.05) is 29.9 Å². The molecular weight excluding hydrogens is 404 g/mol. The molecule has 5 rings (SSSR count). The van der Waals surface area contributed by atoms with Crippen molar-refractivity contribution in [1.29, 1.82) is 5.26 Å². The van der Waals surface area contributed by atoms with E-state index in [4.69, 9.17) is 10.00 Å². The van der Waals surface area contributed by atoms with Crippen molar-refractivity contribution in [2.24, 2.45) is 0 Å². The third kappa shape index (κ3) is 4.11. The largest absolute Gasteiger partial charge is 0.374 e. The second kappa shape index (κ2) is 8.65. The summed E-state index contributed by atoms with van der Waals surface area (Å²) in [5, 5.41) is 14.4. The highest BCUT2D eigenvalue weighted by atomic mass is 16.5. The zero-order chi connectivity index (χ0) is 21.9. The molecule has 1 amide bonds. The van der Waals surface area contributed by atoms with Gasteiger partial charge in [-0.15, -0.1) is 0 Å². The predicted octanol–water partition coefficient (Wildman–Crippen LogP) is 3.12. The van der Waals surface area contributed by atoms with Gasteiger partial charge in [0.25, 0.3) is 5.91 Å². The van der Waals surface area contributed by atoms with E-state index in [1.165, 1.54) is 5.69 Å². The summed E-state index contributed by atoms with van der Waals surface area (Å²) in [7, 11) is 0. The molecule has 0 aliphatic carbocycles. The first kappa shape index (κ1) is 20.0.